The summed E-state index contributed by atoms with van der Waals surface area (Å²) in [6.45, 7) is 1.44. The third-order valence-electron chi connectivity index (χ3n) is 4.90. The fraction of sp³-hybridized carbons (Fsp3) is 0.600. The molecule has 26 heavy (non-hydrogen) atoms. The number of rotatable bonds is 9. The second-order valence-corrected chi connectivity index (χ2v) is 6.83. The van der Waals surface area contributed by atoms with Crippen molar-refractivity contribution < 1.29 is 14.3 Å². The van der Waals surface area contributed by atoms with Crippen LogP contribution in [0.2, 0.25) is 0 Å². The van der Waals surface area contributed by atoms with Crippen LogP contribution in [0.1, 0.15) is 48.9 Å². The van der Waals surface area contributed by atoms with E-state index in [4.69, 9.17) is 4.74 Å². The third kappa shape index (κ3) is 6.33. The van der Waals surface area contributed by atoms with Crippen LogP contribution in [0, 0.1) is 0 Å². The van der Waals surface area contributed by atoms with E-state index in [1.165, 1.54) is 19.3 Å². The summed E-state index contributed by atoms with van der Waals surface area (Å²) >= 11 is 0. The molecule has 1 aromatic carbocycles. The molecule has 0 atom stereocenters. The van der Waals surface area contributed by atoms with Gasteiger partial charge in [-0.2, -0.15) is 0 Å². The van der Waals surface area contributed by atoms with Gasteiger partial charge in [-0.3, -0.25) is 9.59 Å². The van der Waals surface area contributed by atoms with Crippen LogP contribution in [0.15, 0.2) is 24.3 Å². The lowest BCUT2D eigenvalue weighted by atomic mass is 9.94. The summed E-state index contributed by atoms with van der Waals surface area (Å²) in [5.74, 6) is -0.0262. The second kappa shape index (κ2) is 10.8. The van der Waals surface area contributed by atoms with Gasteiger partial charge < -0.3 is 20.3 Å². The van der Waals surface area contributed by atoms with Crippen molar-refractivity contribution in [3.05, 3.63) is 29.8 Å². The highest BCUT2D eigenvalue weighted by Crippen LogP contribution is 2.21. The molecule has 0 heterocycles. The molecule has 1 aliphatic rings. The zero-order valence-electron chi connectivity index (χ0n) is 15.9. The fourth-order valence-corrected chi connectivity index (χ4v) is 3.27. The molecular formula is C20H31N3O3. The van der Waals surface area contributed by atoms with E-state index < -0.39 is 0 Å². The summed E-state index contributed by atoms with van der Waals surface area (Å²) in [6.07, 6.45) is 6.66. The summed E-state index contributed by atoms with van der Waals surface area (Å²) < 4.78 is 4.97. The standard InChI is InChI=1S/C20H31N3O3/c1-23(18-10-4-3-5-11-18)19(24)15-22-17-9-6-8-16(14-17)20(25)21-12-7-13-26-2/h6,8-9,14,18,22H,3-5,7,10-13,15H2,1-2H3,(H,21,25). The number of ether oxygens (including phenoxy) is 1. The van der Waals surface area contributed by atoms with Gasteiger partial charge in [-0.1, -0.05) is 25.3 Å². The Kier molecular flexibility index (Phi) is 8.41. The molecule has 0 aliphatic heterocycles. The van der Waals surface area contributed by atoms with Crippen molar-refractivity contribution in [3.8, 4) is 0 Å². The van der Waals surface area contributed by atoms with Crippen molar-refractivity contribution in [1.29, 1.82) is 0 Å². The zero-order valence-corrected chi connectivity index (χ0v) is 15.9. The van der Waals surface area contributed by atoms with E-state index in [0.29, 0.717) is 24.8 Å². The average molecular weight is 361 g/mol. The molecule has 1 saturated carbocycles. The van der Waals surface area contributed by atoms with Gasteiger partial charge in [0.15, 0.2) is 0 Å². The van der Waals surface area contributed by atoms with Crippen LogP contribution in [0.5, 0.6) is 0 Å². The smallest absolute Gasteiger partial charge is 0.251 e. The Labute approximate surface area is 156 Å². The van der Waals surface area contributed by atoms with Crippen molar-refractivity contribution in [1.82, 2.24) is 10.2 Å². The number of hydrogen-bond acceptors (Lipinski definition) is 4. The van der Waals surface area contributed by atoms with E-state index in [1.54, 1.807) is 19.2 Å². The normalized spacial score (nSPS) is 14.7. The molecule has 144 valence electrons. The van der Waals surface area contributed by atoms with Gasteiger partial charge in [0.2, 0.25) is 5.91 Å². The molecule has 6 nitrogen and oxygen atoms in total. The number of nitrogens with one attached hydrogen (secondary N) is 2. The van der Waals surface area contributed by atoms with E-state index in [1.807, 2.05) is 24.1 Å². The van der Waals surface area contributed by atoms with Gasteiger partial charge in [-0.05, 0) is 37.5 Å². The largest absolute Gasteiger partial charge is 0.385 e. The number of carbonyl (C=O) groups is 2. The van der Waals surface area contributed by atoms with Crippen molar-refractivity contribution in [2.45, 2.75) is 44.6 Å². The van der Waals surface area contributed by atoms with E-state index in [2.05, 4.69) is 10.6 Å². The maximum atomic E-state index is 12.4. The molecular weight excluding hydrogens is 330 g/mol. The first-order valence-electron chi connectivity index (χ1n) is 9.48. The van der Waals surface area contributed by atoms with Crippen LogP contribution < -0.4 is 10.6 Å². The zero-order chi connectivity index (χ0) is 18.8. The molecule has 2 amide bonds. The van der Waals surface area contributed by atoms with Gasteiger partial charge in [0, 0.05) is 44.6 Å². The average Bonchev–Trinajstić information content (AvgIpc) is 2.69. The Balaban J connectivity index is 1.81. The summed E-state index contributed by atoms with van der Waals surface area (Å²) in [5.41, 5.74) is 1.36. The number of hydrogen-bond donors (Lipinski definition) is 2. The first-order valence-corrected chi connectivity index (χ1v) is 9.48. The minimum absolute atomic E-state index is 0.0892. The molecule has 1 aromatic rings. The monoisotopic (exact) mass is 361 g/mol. The van der Waals surface area contributed by atoms with Crippen LogP contribution in [0.25, 0.3) is 0 Å². The minimum atomic E-state index is -0.115. The summed E-state index contributed by atoms with van der Waals surface area (Å²) in [5, 5.41) is 6.01. The predicted molar refractivity (Wildman–Crippen MR) is 103 cm³/mol. The predicted octanol–water partition coefficient (Wildman–Crippen LogP) is 2.66. The number of amides is 2. The Morgan fingerprint density at radius 3 is 2.73 bits per heavy atom. The van der Waals surface area contributed by atoms with Crippen molar-refractivity contribution in [3.63, 3.8) is 0 Å². The fourth-order valence-electron chi connectivity index (χ4n) is 3.27. The lowest BCUT2D eigenvalue weighted by Gasteiger charge is -2.31. The topological polar surface area (TPSA) is 70.7 Å². The lowest BCUT2D eigenvalue weighted by molar-refractivity contribution is -0.130. The molecule has 2 rings (SSSR count). The molecule has 0 bridgehead atoms. The van der Waals surface area contributed by atoms with Crippen LogP contribution in [-0.4, -0.2) is 56.6 Å². The molecule has 1 fully saturated rings. The molecule has 0 unspecified atom stereocenters. The van der Waals surface area contributed by atoms with Crippen LogP contribution in [-0.2, 0) is 9.53 Å². The van der Waals surface area contributed by atoms with Gasteiger partial charge in [-0.15, -0.1) is 0 Å². The molecule has 2 N–H and O–H groups in total. The Hall–Kier alpha value is -2.08. The van der Waals surface area contributed by atoms with E-state index in [0.717, 1.165) is 24.9 Å². The summed E-state index contributed by atoms with van der Waals surface area (Å²) in [4.78, 5) is 26.4. The number of methoxy groups -OCH3 is 1. The Bertz CT molecular complexity index is 585. The third-order valence-corrected chi connectivity index (χ3v) is 4.90. The molecule has 1 aliphatic carbocycles. The Morgan fingerprint density at radius 2 is 2.00 bits per heavy atom. The molecule has 0 radical (unpaired) electrons. The number of likely N-dealkylation sites (N-methyl/N-ethyl adjacent to an activating group) is 1. The summed E-state index contributed by atoms with van der Waals surface area (Å²) in [6, 6.07) is 7.60. The molecule has 0 saturated heterocycles. The Morgan fingerprint density at radius 1 is 1.23 bits per heavy atom. The first-order chi connectivity index (χ1) is 12.6. The minimum Gasteiger partial charge on any atom is -0.385 e. The highest BCUT2D eigenvalue weighted by atomic mass is 16.5. The van der Waals surface area contributed by atoms with E-state index >= 15 is 0 Å². The van der Waals surface area contributed by atoms with Gasteiger partial charge in [0.1, 0.15) is 0 Å². The number of carbonyl (C=O) groups excluding carboxylic acids is 2. The number of anilines is 1. The molecule has 6 heteroatoms. The first kappa shape index (κ1) is 20.2. The summed E-state index contributed by atoms with van der Waals surface area (Å²) in [7, 11) is 3.54. The number of benzene rings is 1. The lowest BCUT2D eigenvalue weighted by Crippen LogP contribution is -2.41. The maximum Gasteiger partial charge on any atom is 0.251 e. The highest BCUT2D eigenvalue weighted by molar-refractivity contribution is 5.95. The van der Waals surface area contributed by atoms with Crippen LogP contribution >= 0.6 is 0 Å². The van der Waals surface area contributed by atoms with Gasteiger partial charge in [0.05, 0.1) is 6.54 Å². The highest BCUT2D eigenvalue weighted by Gasteiger charge is 2.21. The molecule has 0 spiro atoms. The second-order valence-electron chi connectivity index (χ2n) is 6.83. The SMILES string of the molecule is COCCCNC(=O)c1cccc(NCC(=O)N(C)C2CCCCC2)c1. The van der Waals surface area contributed by atoms with Crippen LogP contribution in [0.3, 0.4) is 0 Å². The van der Waals surface area contributed by atoms with Crippen LogP contribution in [0.4, 0.5) is 5.69 Å². The van der Waals surface area contributed by atoms with Crippen molar-refractivity contribution in [2.75, 3.05) is 39.2 Å². The maximum absolute atomic E-state index is 12.4. The van der Waals surface area contributed by atoms with Crippen molar-refractivity contribution >= 4 is 17.5 Å². The van der Waals surface area contributed by atoms with E-state index in [9.17, 15) is 9.59 Å². The van der Waals surface area contributed by atoms with Gasteiger partial charge >= 0.3 is 0 Å². The van der Waals surface area contributed by atoms with Crippen molar-refractivity contribution in [2.24, 2.45) is 0 Å². The number of nitrogens with zero attached hydrogens (tertiary/aromatic N) is 1. The molecule has 0 aromatic heterocycles. The van der Waals surface area contributed by atoms with E-state index in [-0.39, 0.29) is 18.4 Å². The van der Waals surface area contributed by atoms with Gasteiger partial charge in [-0.25, -0.2) is 0 Å². The quantitative estimate of drug-likeness (QED) is 0.664. The van der Waals surface area contributed by atoms with Gasteiger partial charge in [0.25, 0.3) is 5.91 Å².